The number of carbonyl (C=O) groups excluding carboxylic acids is 1. The highest BCUT2D eigenvalue weighted by Gasteiger charge is 2.34. The Morgan fingerprint density at radius 1 is 1.27 bits per heavy atom. The Labute approximate surface area is 155 Å². The van der Waals surface area contributed by atoms with E-state index in [-0.39, 0.29) is 28.6 Å². The number of halogens is 4. The number of terminal acetylenes is 1. The zero-order valence-electron chi connectivity index (χ0n) is 14.2. The SMILES string of the molecule is C#CCN(CC(F)(F)F)C(=O)c1cc(S(=O)(=O)N(CC)CC)ccc1Cl. The summed E-state index contributed by atoms with van der Waals surface area (Å²) in [6.07, 6.45) is 0.368. The Balaban J connectivity index is 3.36. The zero-order chi connectivity index (χ0) is 20.1. The fourth-order valence-electron chi connectivity index (χ4n) is 2.24. The molecule has 0 atom stereocenters. The number of carbonyl (C=O) groups is 1. The van der Waals surface area contributed by atoms with Crippen LogP contribution in [0.3, 0.4) is 0 Å². The average Bonchev–Trinajstić information content (AvgIpc) is 2.53. The minimum Gasteiger partial charge on any atom is -0.318 e. The van der Waals surface area contributed by atoms with E-state index in [1.807, 2.05) is 5.92 Å². The molecule has 0 radical (unpaired) electrons. The summed E-state index contributed by atoms with van der Waals surface area (Å²) in [7, 11) is -3.91. The lowest BCUT2D eigenvalue weighted by atomic mass is 10.2. The smallest absolute Gasteiger partial charge is 0.318 e. The number of hydrogen-bond acceptors (Lipinski definition) is 3. The third-order valence-corrected chi connectivity index (χ3v) is 5.83. The lowest BCUT2D eigenvalue weighted by Gasteiger charge is -2.23. The van der Waals surface area contributed by atoms with E-state index in [2.05, 4.69) is 0 Å². The number of sulfonamides is 1. The van der Waals surface area contributed by atoms with Crippen molar-refractivity contribution in [3.05, 3.63) is 28.8 Å². The number of rotatable bonds is 7. The molecular weight excluding hydrogens is 393 g/mol. The summed E-state index contributed by atoms with van der Waals surface area (Å²) in [6, 6.07) is 3.33. The van der Waals surface area contributed by atoms with Crippen LogP contribution >= 0.6 is 11.6 Å². The predicted octanol–water partition coefficient (Wildman–Crippen LogP) is 3.01. The molecule has 1 amide bonds. The first-order valence-corrected chi connectivity index (χ1v) is 9.38. The lowest BCUT2D eigenvalue weighted by molar-refractivity contribution is -0.139. The number of alkyl halides is 3. The summed E-state index contributed by atoms with van der Waals surface area (Å²) < 4.78 is 64.3. The van der Waals surface area contributed by atoms with Crippen LogP contribution in [-0.2, 0) is 10.0 Å². The normalized spacial score (nSPS) is 12.1. The zero-order valence-corrected chi connectivity index (χ0v) is 15.7. The van der Waals surface area contributed by atoms with E-state index in [4.69, 9.17) is 18.0 Å². The highest BCUT2D eigenvalue weighted by atomic mass is 35.5. The van der Waals surface area contributed by atoms with Gasteiger partial charge in [0.2, 0.25) is 10.0 Å². The van der Waals surface area contributed by atoms with Crippen LogP contribution in [0.1, 0.15) is 24.2 Å². The second kappa shape index (κ2) is 8.75. The van der Waals surface area contributed by atoms with Crippen molar-refractivity contribution in [2.24, 2.45) is 0 Å². The topological polar surface area (TPSA) is 57.7 Å². The molecule has 144 valence electrons. The largest absolute Gasteiger partial charge is 0.406 e. The molecule has 0 unspecified atom stereocenters. The number of hydrogen-bond donors (Lipinski definition) is 0. The Morgan fingerprint density at radius 3 is 2.31 bits per heavy atom. The van der Waals surface area contributed by atoms with Crippen LogP contribution in [-0.4, -0.2) is 55.9 Å². The van der Waals surface area contributed by atoms with Gasteiger partial charge in [0.1, 0.15) is 6.54 Å². The predicted molar refractivity (Wildman–Crippen MR) is 92.4 cm³/mol. The monoisotopic (exact) mass is 410 g/mol. The lowest BCUT2D eigenvalue weighted by Crippen LogP contribution is -2.39. The summed E-state index contributed by atoms with van der Waals surface area (Å²) in [4.78, 5) is 12.6. The summed E-state index contributed by atoms with van der Waals surface area (Å²) in [5.41, 5.74) is -0.362. The van der Waals surface area contributed by atoms with Crippen LogP contribution in [0, 0.1) is 12.3 Å². The molecule has 0 spiro atoms. The van der Waals surface area contributed by atoms with Crippen molar-refractivity contribution in [1.82, 2.24) is 9.21 Å². The van der Waals surface area contributed by atoms with Crippen LogP contribution in [0.4, 0.5) is 13.2 Å². The molecule has 0 aromatic heterocycles. The van der Waals surface area contributed by atoms with Crippen molar-refractivity contribution in [3.8, 4) is 12.3 Å². The molecule has 1 rings (SSSR count). The molecular formula is C16H18ClF3N2O3S. The maximum absolute atomic E-state index is 12.7. The first kappa shape index (κ1) is 22.3. The number of amides is 1. The molecule has 0 aliphatic heterocycles. The molecule has 5 nitrogen and oxygen atoms in total. The van der Waals surface area contributed by atoms with Crippen LogP contribution in [0.15, 0.2) is 23.1 Å². The van der Waals surface area contributed by atoms with Gasteiger partial charge < -0.3 is 4.90 Å². The van der Waals surface area contributed by atoms with E-state index in [9.17, 15) is 26.4 Å². The number of nitrogens with zero attached hydrogens (tertiary/aromatic N) is 2. The Hall–Kier alpha value is -1.76. The minimum absolute atomic E-state index is 0.169. The molecule has 0 saturated heterocycles. The Bertz CT molecular complexity index is 800. The summed E-state index contributed by atoms with van der Waals surface area (Å²) >= 11 is 5.92. The highest BCUT2D eigenvalue weighted by Crippen LogP contribution is 2.25. The van der Waals surface area contributed by atoms with E-state index in [0.717, 1.165) is 16.4 Å². The van der Waals surface area contributed by atoms with E-state index < -0.39 is 35.2 Å². The Morgan fingerprint density at radius 2 is 1.85 bits per heavy atom. The summed E-state index contributed by atoms with van der Waals surface area (Å²) in [5.74, 6) is 0.882. The van der Waals surface area contributed by atoms with Crippen molar-refractivity contribution in [2.45, 2.75) is 24.9 Å². The van der Waals surface area contributed by atoms with Crippen LogP contribution in [0.5, 0.6) is 0 Å². The first-order chi connectivity index (χ1) is 12.0. The highest BCUT2D eigenvalue weighted by molar-refractivity contribution is 7.89. The van der Waals surface area contributed by atoms with Gasteiger partial charge in [-0.2, -0.15) is 17.5 Å². The van der Waals surface area contributed by atoms with Crippen LogP contribution in [0.2, 0.25) is 5.02 Å². The molecule has 0 aliphatic rings. The number of benzene rings is 1. The van der Waals surface area contributed by atoms with E-state index in [0.29, 0.717) is 4.90 Å². The fourth-order valence-corrected chi connectivity index (χ4v) is 3.92. The van der Waals surface area contributed by atoms with E-state index in [1.54, 1.807) is 13.8 Å². The van der Waals surface area contributed by atoms with Crippen LogP contribution in [0.25, 0.3) is 0 Å². The van der Waals surface area contributed by atoms with E-state index in [1.165, 1.54) is 6.07 Å². The van der Waals surface area contributed by atoms with Crippen molar-refractivity contribution in [3.63, 3.8) is 0 Å². The summed E-state index contributed by atoms with van der Waals surface area (Å²) in [5, 5.41) is -0.169. The van der Waals surface area contributed by atoms with Crippen molar-refractivity contribution >= 4 is 27.5 Å². The molecule has 0 fully saturated rings. The Kier molecular flexibility index (Phi) is 7.50. The van der Waals surface area contributed by atoms with Gasteiger partial charge in [0, 0.05) is 13.1 Å². The van der Waals surface area contributed by atoms with Crippen molar-refractivity contribution in [2.75, 3.05) is 26.2 Å². The molecule has 0 saturated carbocycles. The van der Waals surface area contributed by atoms with Crippen molar-refractivity contribution < 1.29 is 26.4 Å². The molecule has 1 aromatic carbocycles. The second-order valence-electron chi connectivity index (χ2n) is 5.21. The van der Waals surface area contributed by atoms with Crippen molar-refractivity contribution in [1.29, 1.82) is 0 Å². The van der Waals surface area contributed by atoms with Gasteiger partial charge in [-0.15, -0.1) is 6.42 Å². The van der Waals surface area contributed by atoms with E-state index >= 15 is 0 Å². The fraction of sp³-hybridized carbons (Fsp3) is 0.438. The first-order valence-electron chi connectivity index (χ1n) is 7.57. The molecule has 1 aromatic rings. The molecule has 26 heavy (non-hydrogen) atoms. The maximum atomic E-state index is 12.7. The molecule has 10 heteroatoms. The second-order valence-corrected chi connectivity index (χ2v) is 7.56. The van der Waals surface area contributed by atoms with Gasteiger partial charge in [-0.05, 0) is 18.2 Å². The molecule has 0 aliphatic carbocycles. The van der Waals surface area contributed by atoms with Gasteiger partial charge in [0.15, 0.2) is 0 Å². The molecule has 0 heterocycles. The van der Waals surface area contributed by atoms with Gasteiger partial charge in [0.25, 0.3) is 5.91 Å². The van der Waals surface area contributed by atoms with Crippen LogP contribution < -0.4 is 0 Å². The summed E-state index contributed by atoms with van der Waals surface area (Å²) in [6.45, 7) is 1.51. The maximum Gasteiger partial charge on any atom is 0.406 e. The van der Waals surface area contributed by atoms with Gasteiger partial charge in [-0.1, -0.05) is 31.4 Å². The van der Waals surface area contributed by atoms with Gasteiger partial charge in [-0.25, -0.2) is 8.42 Å². The molecule has 0 bridgehead atoms. The average molecular weight is 411 g/mol. The third kappa shape index (κ3) is 5.37. The minimum atomic E-state index is -4.66. The quantitative estimate of drug-likeness (QED) is 0.649. The standard InChI is InChI=1S/C16H18ClF3N2O3S/c1-4-9-21(11-16(18,19)20)15(23)13-10-12(7-8-14(13)17)26(24,25)22(5-2)6-3/h1,7-8,10H,5-6,9,11H2,2-3H3. The van der Waals surface area contributed by atoms with Gasteiger partial charge in [-0.3, -0.25) is 4.79 Å². The molecule has 0 N–H and O–H groups in total. The van der Waals surface area contributed by atoms with Gasteiger partial charge >= 0.3 is 6.18 Å². The third-order valence-electron chi connectivity index (χ3n) is 3.45. The van der Waals surface area contributed by atoms with Gasteiger partial charge in [0.05, 0.1) is 22.0 Å².